The zero-order valence-electron chi connectivity index (χ0n) is 13.6. The average Bonchev–Trinajstić information content (AvgIpc) is 2.61. The van der Waals surface area contributed by atoms with E-state index in [1.54, 1.807) is 18.2 Å². The third-order valence-corrected chi connectivity index (χ3v) is 3.39. The van der Waals surface area contributed by atoms with Crippen LogP contribution in [0.3, 0.4) is 0 Å². The van der Waals surface area contributed by atoms with Gasteiger partial charge in [0.2, 0.25) is 0 Å². The van der Waals surface area contributed by atoms with Crippen molar-refractivity contribution in [2.24, 2.45) is 0 Å². The smallest absolute Gasteiger partial charge is 0.193 e. The van der Waals surface area contributed by atoms with Crippen LogP contribution in [-0.4, -0.2) is 37.3 Å². The van der Waals surface area contributed by atoms with E-state index in [2.05, 4.69) is 0 Å². The number of methoxy groups -OCH3 is 3. The van der Waals surface area contributed by atoms with Gasteiger partial charge < -0.3 is 24.4 Å². The van der Waals surface area contributed by atoms with Crippen LogP contribution in [0.4, 0.5) is 0 Å². The molecule has 0 aliphatic heterocycles. The maximum absolute atomic E-state index is 12.5. The summed E-state index contributed by atoms with van der Waals surface area (Å²) in [6.07, 6.45) is 2.85. The first-order valence-electron chi connectivity index (χ1n) is 7.04. The van der Waals surface area contributed by atoms with E-state index in [0.717, 1.165) is 0 Å². The Morgan fingerprint density at radius 2 is 1.54 bits per heavy atom. The Kier molecular flexibility index (Phi) is 5.31. The first-order chi connectivity index (χ1) is 11.5. The molecule has 2 N–H and O–H groups in total. The summed E-state index contributed by atoms with van der Waals surface area (Å²) in [6.45, 7) is 0. The van der Waals surface area contributed by atoms with Crippen molar-refractivity contribution >= 4 is 11.9 Å². The molecule has 0 atom stereocenters. The zero-order chi connectivity index (χ0) is 17.7. The summed E-state index contributed by atoms with van der Waals surface area (Å²) in [4.78, 5) is 12.5. The third kappa shape index (κ3) is 3.60. The van der Waals surface area contributed by atoms with Crippen molar-refractivity contribution in [1.29, 1.82) is 0 Å². The second-order valence-electron chi connectivity index (χ2n) is 4.85. The minimum absolute atomic E-state index is 0.225. The number of carbonyl (C=O) groups is 1. The molecule has 6 heteroatoms. The van der Waals surface area contributed by atoms with Crippen LogP contribution in [-0.2, 0) is 0 Å². The standard InChI is InChI=1S/C18H18O6/c1-22-12-9-16(23-2)18(17(10-12)24-3)14(20)7-5-11-4-6-13(19)15(21)8-11/h4-10,19,21H,1-3H3/b7-5+. The Hall–Kier alpha value is -3.15. The number of benzene rings is 2. The van der Waals surface area contributed by atoms with Crippen LogP contribution < -0.4 is 14.2 Å². The van der Waals surface area contributed by atoms with Crippen molar-refractivity contribution in [2.75, 3.05) is 21.3 Å². The highest BCUT2D eigenvalue weighted by molar-refractivity contribution is 6.10. The highest BCUT2D eigenvalue weighted by atomic mass is 16.5. The Morgan fingerprint density at radius 1 is 0.917 bits per heavy atom. The van der Waals surface area contributed by atoms with E-state index >= 15 is 0 Å². The van der Waals surface area contributed by atoms with Crippen molar-refractivity contribution in [2.45, 2.75) is 0 Å². The topological polar surface area (TPSA) is 85.2 Å². The fraction of sp³-hybridized carbons (Fsp3) is 0.167. The predicted molar refractivity (Wildman–Crippen MR) is 89.2 cm³/mol. The zero-order valence-corrected chi connectivity index (χ0v) is 13.6. The number of hydrogen-bond donors (Lipinski definition) is 2. The van der Waals surface area contributed by atoms with Crippen LogP contribution in [0, 0.1) is 0 Å². The summed E-state index contributed by atoms with van der Waals surface area (Å²) in [5.74, 6) is 0.344. The molecule has 0 amide bonds. The number of ether oxygens (including phenoxy) is 3. The summed E-state index contributed by atoms with van der Waals surface area (Å²) in [5, 5.41) is 18.8. The fourth-order valence-corrected chi connectivity index (χ4v) is 2.15. The Balaban J connectivity index is 2.38. The maximum atomic E-state index is 12.5. The lowest BCUT2D eigenvalue weighted by Gasteiger charge is -2.13. The molecule has 2 aromatic carbocycles. The molecule has 0 aliphatic carbocycles. The second kappa shape index (κ2) is 7.41. The maximum Gasteiger partial charge on any atom is 0.193 e. The molecule has 0 aliphatic rings. The molecule has 0 saturated carbocycles. The van der Waals surface area contributed by atoms with Crippen molar-refractivity contribution < 1.29 is 29.2 Å². The Bertz CT molecular complexity index is 754. The van der Waals surface area contributed by atoms with Crippen LogP contribution in [0.5, 0.6) is 28.7 Å². The van der Waals surface area contributed by atoms with Gasteiger partial charge in [0.15, 0.2) is 17.3 Å². The molecule has 0 fully saturated rings. The molecule has 6 nitrogen and oxygen atoms in total. The highest BCUT2D eigenvalue weighted by Crippen LogP contribution is 2.34. The largest absolute Gasteiger partial charge is 0.504 e. The van der Waals surface area contributed by atoms with Gasteiger partial charge in [-0.15, -0.1) is 0 Å². The molecule has 0 bridgehead atoms. The van der Waals surface area contributed by atoms with E-state index < -0.39 is 0 Å². The molecule has 2 aromatic rings. The minimum Gasteiger partial charge on any atom is -0.504 e. The highest BCUT2D eigenvalue weighted by Gasteiger charge is 2.18. The number of hydrogen-bond acceptors (Lipinski definition) is 6. The lowest BCUT2D eigenvalue weighted by molar-refractivity contribution is 0.104. The summed E-state index contributed by atoms with van der Waals surface area (Å²) in [6, 6.07) is 7.45. The van der Waals surface area contributed by atoms with E-state index in [1.165, 1.54) is 45.6 Å². The Morgan fingerprint density at radius 3 is 2.04 bits per heavy atom. The lowest BCUT2D eigenvalue weighted by atomic mass is 10.1. The third-order valence-electron chi connectivity index (χ3n) is 3.39. The van der Waals surface area contributed by atoms with Crippen molar-refractivity contribution in [3.8, 4) is 28.7 Å². The number of allylic oxidation sites excluding steroid dienone is 1. The van der Waals surface area contributed by atoms with E-state index in [1.807, 2.05) is 0 Å². The molecule has 2 rings (SSSR count). The molecular weight excluding hydrogens is 312 g/mol. The van der Waals surface area contributed by atoms with Gasteiger partial charge in [-0.3, -0.25) is 4.79 Å². The average molecular weight is 330 g/mol. The SMILES string of the molecule is COc1cc(OC)c(C(=O)/C=C/c2ccc(O)c(O)c2)c(OC)c1. The van der Waals surface area contributed by atoms with E-state index in [0.29, 0.717) is 22.8 Å². The fourth-order valence-electron chi connectivity index (χ4n) is 2.15. The molecule has 0 aromatic heterocycles. The van der Waals surface area contributed by atoms with Gasteiger partial charge in [0.25, 0.3) is 0 Å². The number of rotatable bonds is 6. The van der Waals surface area contributed by atoms with Gasteiger partial charge in [0, 0.05) is 12.1 Å². The van der Waals surface area contributed by atoms with Crippen molar-refractivity contribution in [1.82, 2.24) is 0 Å². The van der Waals surface area contributed by atoms with Crippen LogP contribution >= 0.6 is 0 Å². The van der Waals surface area contributed by atoms with E-state index in [4.69, 9.17) is 14.2 Å². The normalized spacial score (nSPS) is 10.6. The van der Waals surface area contributed by atoms with Crippen LogP contribution in [0.1, 0.15) is 15.9 Å². The monoisotopic (exact) mass is 330 g/mol. The number of ketones is 1. The first-order valence-corrected chi connectivity index (χ1v) is 7.04. The lowest BCUT2D eigenvalue weighted by Crippen LogP contribution is -2.03. The first kappa shape index (κ1) is 17.2. The number of phenols is 2. The number of aromatic hydroxyl groups is 2. The van der Waals surface area contributed by atoms with Gasteiger partial charge in [0.1, 0.15) is 22.8 Å². The van der Waals surface area contributed by atoms with E-state index in [-0.39, 0.29) is 22.8 Å². The van der Waals surface area contributed by atoms with Gasteiger partial charge in [-0.05, 0) is 23.8 Å². The molecule has 0 unspecified atom stereocenters. The Labute approximate surface area is 139 Å². The van der Waals surface area contributed by atoms with Gasteiger partial charge in [-0.25, -0.2) is 0 Å². The summed E-state index contributed by atoms with van der Waals surface area (Å²) >= 11 is 0. The predicted octanol–water partition coefficient (Wildman–Crippen LogP) is 3.02. The minimum atomic E-state index is -0.334. The quantitative estimate of drug-likeness (QED) is 0.481. The van der Waals surface area contributed by atoms with Gasteiger partial charge >= 0.3 is 0 Å². The number of carbonyl (C=O) groups excluding carboxylic acids is 1. The molecule has 0 spiro atoms. The number of phenolic OH excluding ortho intramolecular Hbond substituents is 2. The van der Waals surface area contributed by atoms with Crippen LogP contribution in [0.25, 0.3) is 6.08 Å². The van der Waals surface area contributed by atoms with E-state index in [9.17, 15) is 15.0 Å². The molecule has 0 radical (unpaired) electrons. The molecule has 0 saturated heterocycles. The summed E-state index contributed by atoms with van der Waals surface area (Å²) in [5.41, 5.74) is 0.824. The van der Waals surface area contributed by atoms with Crippen LogP contribution in [0.2, 0.25) is 0 Å². The van der Waals surface area contributed by atoms with Crippen molar-refractivity contribution in [3.63, 3.8) is 0 Å². The molecule has 126 valence electrons. The van der Waals surface area contributed by atoms with Gasteiger partial charge in [-0.2, -0.15) is 0 Å². The van der Waals surface area contributed by atoms with Crippen molar-refractivity contribution in [3.05, 3.63) is 47.5 Å². The van der Waals surface area contributed by atoms with Gasteiger partial charge in [0.05, 0.1) is 21.3 Å². The van der Waals surface area contributed by atoms with Crippen LogP contribution in [0.15, 0.2) is 36.4 Å². The molecule has 24 heavy (non-hydrogen) atoms. The molecular formula is C18H18O6. The summed E-state index contributed by atoms with van der Waals surface area (Å²) in [7, 11) is 4.41. The summed E-state index contributed by atoms with van der Waals surface area (Å²) < 4.78 is 15.6. The molecule has 0 heterocycles. The van der Waals surface area contributed by atoms with Gasteiger partial charge in [-0.1, -0.05) is 12.1 Å². The second-order valence-corrected chi connectivity index (χ2v) is 4.85.